The Hall–Kier alpha value is -1.46. The van der Waals surface area contributed by atoms with Crippen LogP contribution in [0.25, 0.3) is 0 Å². The molecule has 0 aromatic carbocycles. The summed E-state index contributed by atoms with van der Waals surface area (Å²) in [6, 6.07) is 0. The number of carbonyl (C=O) groups is 2. The molecule has 1 aliphatic rings. The van der Waals surface area contributed by atoms with E-state index in [1.165, 1.54) is 6.08 Å². The molecule has 0 aliphatic heterocycles. The van der Waals surface area contributed by atoms with Gasteiger partial charge in [0.2, 0.25) is 0 Å². The lowest BCUT2D eigenvalue weighted by Crippen LogP contribution is -2.21. The fourth-order valence-electron chi connectivity index (χ4n) is 3.48. The van der Waals surface area contributed by atoms with Crippen molar-refractivity contribution in [3.63, 3.8) is 0 Å². The number of ether oxygens (including phenoxy) is 1. The smallest absolute Gasteiger partial charge is 0.330 e. The molecule has 5 nitrogen and oxygen atoms in total. The number of aliphatic hydroxyl groups excluding tert-OH is 2. The molecule has 0 bridgehead atoms. The minimum atomic E-state index is -0.628. The second-order valence-electron chi connectivity index (χ2n) is 7.15. The van der Waals surface area contributed by atoms with Crippen molar-refractivity contribution in [1.82, 2.24) is 0 Å². The van der Waals surface area contributed by atoms with Crippen LogP contribution in [0.4, 0.5) is 0 Å². The maximum atomic E-state index is 12.0. The quantitative estimate of drug-likeness (QED) is 0.254. The van der Waals surface area contributed by atoms with Crippen LogP contribution in [-0.4, -0.2) is 40.8 Å². The van der Waals surface area contributed by atoms with Gasteiger partial charge in [-0.05, 0) is 38.2 Å². The largest absolute Gasteiger partial charge is 0.463 e. The fraction of sp³-hybridized carbons (Fsp3) is 0.714. The van der Waals surface area contributed by atoms with Gasteiger partial charge in [-0.3, -0.25) is 4.79 Å². The van der Waals surface area contributed by atoms with E-state index in [9.17, 15) is 19.8 Å². The van der Waals surface area contributed by atoms with Crippen molar-refractivity contribution in [2.75, 3.05) is 6.61 Å². The third-order valence-electron chi connectivity index (χ3n) is 4.95. The van der Waals surface area contributed by atoms with Crippen LogP contribution in [0.1, 0.15) is 65.7 Å². The second kappa shape index (κ2) is 12.0. The average molecular weight is 366 g/mol. The molecule has 26 heavy (non-hydrogen) atoms. The van der Waals surface area contributed by atoms with Crippen LogP contribution in [0.5, 0.6) is 0 Å². The number of aliphatic hydroxyl groups is 2. The number of rotatable bonds is 11. The first-order chi connectivity index (χ1) is 12.4. The van der Waals surface area contributed by atoms with Crippen molar-refractivity contribution in [3.05, 3.63) is 23.8 Å². The van der Waals surface area contributed by atoms with E-state index in [1.807, 2.05) is 6.08 Å². The van der Waals surface area contributed by atoms with Gasteiger partial charge in [-0.2, -0.15) is 0 Å². The summed E-state index contributed by atoms with van der Waals surface area (Å²) < 4.78 is 4.87. The highest BCUT2D eigenvalue weighted by Gasteiger charge is 2.39. The standard InChI is InChI=1S/C21H34O5/c1-4-6-7-8-16(22)10-12-18-17(19(23)14-20(18)24)11-9-15(3)13-21(25)26-5-2/h9,11,13,17-20,23-24H,4-8,10,12,14H2,1-3H3. The molecule has 0 saturated heterocycles. The number of unbranched alkanes of at least 4 members (excludes halogenated alkanes) is 2. The highest BCUT2D eigenvalue weighted by atomic mass is 16.5. The van der Waals surface area contributed by atoms with Crippen molar-refractivity contribution in [3.8, 4) is 0 Å². The zero-order valence-electron chi connectivity index (χ0n) is 16.3. The van der Waals surface area contributed by atoms with Gasteiger partial charge in [0.25, 0.3) is 0 Å². The van der Waals surface area contributed by atoms with Crippen LogP contribution < -0.4 is 0 Å². The summed E-state index contributed by atoms with van der Waals surface area (Å²) in [6.45, 7) is 5.98. The number of carbonyl (C=O) groups excluding carboxylic acids is 2. The van der Waals surface area contributed by atoms with Gasteiger partial charge in [0.1, 0.15) is 5.78 Å². The van der Waals surface area contributed by atoms with Crippen molar-refractivity contribution in [2.45, 2.75) is 77.9 Å². The Bertz CT molecular complexity index is 509. The normalized spacial score (nSPS) is 26.4. The third-order valence-corrected chi connectivity index (χ3v) is 4.95. The third kappa shape index (κ3) is 7.83. The molecule has 0 amide bonds. The van der Waals surface area contributed by atoms with Crippen molar-refractivity contribution >= 4 is 11.8 Å². The molecule has 1 aliphatic carbocycles. The highest BCUT2D eigenvalue weighted by Crippen LogP contribution is 2.37. The molecule has 148 valence electrons. The summed E-state index contributed by atoms with van der Waals surface area (Å²) in [5.74, 6) is -0.505. The SMILES string of the molecule is CCCCCC(=O)CCC1C(O)CC(O)C1C=CC(C)=CC(=O)OCC. The summed E-state index contributed by atoms with van der Waals surface area (Å²) in [7, 11) is 0. The Balaban J connectivity index is 2.62. The van der Waals surface area contributed by atoms with Crippen LogP contribution in [0.2, 0.25) is 0 Å². The van der Waals surface area contributed by atoms with Crippen molar-refractivity contribution in [1.29, 1.82) is 0 Å². The monoisotopic (exact) mass is 366 g/mol. The lowest BCUT2D eigenvalue weighted by Gasteiger charge is -2.20. The molecule has 2 N–H and O–H groups in total. The van der Waals surface area contributed by atoms with E-state index in [4.69, 9.17) is 4.74 Å². The molecule has 0 aromatic heterocycles. The summed E-state index contributed by atoms with van der Waals surface area (Å²) in [5, 5.41) is 20.5. The molecular weight excluding hydrogens is 332 g/mol. The minimum absolute atomic E-state index is 0.133. The van der Waals surface area contributed by atoms with E-state index in [0.717, 1.165) is 24.8 Å². The van der Waals surface area contributed by atoms with E-state index in [-0.39, 0.29) is 17.6 Å². The zero-order valence-corrected chi connectivity index (χ0v) is 16.3. The highest BCUT2D eigenvalue weighted by molar-refractivity contribution is 5.83. The summed E-state index contributed by atoms with van der Waals surface area (Å²) in [6.07, 6.45) is 8.83. The van der Waals surface area contributed by atoms with Gasteiger partial charge in [0.15, 0.2) is 0 Å². The van der Waals surface area contributed by atoms with E-state index in [2.05, 4.69) is 6.92 Å². The van der Waals surface area contributed by atoms with E-state index < -0.39 is 18.2 Å². The Morgan fingerprint density at radius 2 is 1.85 bits per heavy atom. The molecule has 1 fully saturated rings. The predicted octanol–water partition coefficient (Wildman–Crippen LogP) is 3.34. The number of Topliss-reactive ketones (excluding diaryl/α,β-unsaturated/α-hetero) is 1. The molecule has 5 heteroatoms. The van der Waals surface area contributed by atoms with Gasteiger partial charge in [0.05, 0.1) is 18.8 Å². The fourth-order valence-corrected chi connectivity index (χ4v) is 3.48. The Kier molecular flexibility index (Phi) is 10.4. The van der Waals surface area contributed by atoms with Crippen molar-refractivity contribution < 1.29 is 24.5 Å². The topological polar surface area (TPSA) is 83.8 Å². The van der Waals surface area contributed by atoms with Crippen LogP contribution in [0.3, 0.4) is 0 Å². The number of esters is 1. The number of allylic oxidation sites excluding steroid dienone is 2. The van der Waals surface area contributed by atoms with E-state index in [0.29, 0.717) is 32.3 Å². The summed E-state index contributed by atoms with van der Waals surface area (Å²) in [5.41, 5.74) is 0.728. The first kappa shape index (κ1) is 22.6. The van der Waals surface area contributed by atoms with E-state index >= 15 is 0 Å². The molecule has 0 radical (unpaired) electrons. The molecule has 1 saturated carbocycles. The molecule has 0 heterocycles. The van der Waals surface area contributed by atoms with Crippen LogP contribution in [-0.2, 0) is 14.3 Å². The van der Waals surface area contributed by atoms with Gasteiger partial charge < -0.3 is 14.9 Å². The Morgan fingerprint density at radius 3 is 2.50 bits per heavy atom. The summed E-state index contributed by atoms with van der Waals surface area (Å²) in [4.78, 5) is 23.5. The van der Waals surface area contributed by atoms with Gasteiger partial charge in [0, 0.05) is 31.3 Å². The second-order valence-corrected chi connectivity index (χ2v) is 7.15. The molecule has 0 spiro atoms. The van der Waals surface area contributed by atoms with Gasteiger partial charge in [-0.1, -0.05) is 31.9 Å². The van der Waals surface area contributed by atoms with Gasteiger partial charge in [-0.25, -0.2) is 4.79 Å². The lowest BCUT2D eigenvalue weighted by molar-refractivity contribution is -0.137. The maximum Gasteiger partial charge on any atom is 0.330 e. The summed E-state index contributed by atoms with van der Waals surface area (Å²) >= 11 is 0. The van der Waals surface area contributed by atoms with Crippen LogP contribution in [0, 0.1) is 11.8 Å². The molecular formula is C21H34O5. The first-order valence-corrected chi connectivity index (χ1v) is 9.80. The molecule has 0 aromatic rings. The zero-order chi connectivity index (χ0) is 19.5. The van der Waals surface area contributed by atoms with Crippen molar-refractivity contribution in [2.24, 2.45) is 11.8 Å². The first-order valence-electron chi connectivity index (χ1n) is 9.80. The number of hydrogen-bond acceptors (Lipinski definition) is 5. The predicted molar refractivity (Wildman–Crippen MR) is 102 cm³/mol. The van der Waals surface area contributed by atoms with E-state index in [1.54, 1.807) is 19.9 Å². The average Bonchev–Trinajstić information content (AvgIpc) is 2.84. The Morgan fingerprint density at radius 1 is 1.12 bits per heavy atom. The van der Waals surface area contributed by atoms with Gasteiger partial charge in [-0.15, -0.1) is 0 Å². The number of ketones is 1. The lowest BCUT2D eigenvalue weighted by atomic mass is 9.87. The number of hydrogen-bond donors (Lipinski definition) is 2. The molecule has 4 unspecified atom stereocenters. The molecule has 4 atom stereocenters. The van der Waals surface area contributed by atoms with Gasteiger partial charge >= 0.3 is 5.97 Å². The Labute approximate surface area is 157 Å². The maximum absolute atomic E-state index is 12.0. The van der Waals surface area contributed by atoms with Crippen LogP contribution >= 0.6 is 0 Å². The van der Waals surface area contributed by atoms with Crippen LogP contribution in [0.15, 0.2) is 23.8 Å². The minimum Gasteiger partial charge on any atom is -0.463 e. The molecule has 1 rings (SSSR count).